The number of nitriles is 1. The average Bonchev–Trinajstić information content (AvgIpc) is 2.70. The molecule has 0 saturated heterocycles. The van der Waals surface area contributed by atoms with E-state index in [0.717, 1.165) is 12.8 Å². The van der Waals surface area contributed by atoms with Crippen molar-refractivity contribution >= 4 is 23.2 Å². The van der Waals surface area contributed by atoms with E-state index in [-0.39, 0.29) is 5.66 Å². The Bertz CT molecular complexity index is 726. The van der Waals surface area contributed by atoms with Gasteiger partial charge in [-0.3, -0.25) is 0 Å². The molecule has 0 bridgehead atoms. The molecule has 0 heterocycles. The Labute approximate surface area is 151 Å². The number of hydrogen-bond acceptors (Lipinski definition) is 1. The fourth-order valence-corrected chi connectivity index (χ4v) is 8.31. The molecule has 0 aromatic heterocycles. The van der Waals surface area contributed by atoms with E-state index < -0.39 is 7.26 Å². The van der Waals surface area contributed by atoms with Crippen LogP contribution in [0.1, 0.15) is 19.8 Å². The lowest BCUT2D eigenvalue weighted by Crippen LogP contribution is -2.38. The topological polar surface area (TPSA) is 23.8 Å². The second kappa shape index (κ2) is 8.11. The van der Waals surface area contributed by atoms with E-state index in [1.165, 1.54) is 15.9 Å². The Hall–Kier alpha value is -2.42. The second-order valence-electron chi connectivity index (χ2n) is 6.16. The van der Waals surface area contributed by atoms with Crippen molar-refractivity contribution in [3.63, 3.8) is 0 Å². The van der Waals surface area contributed by atoms with Crippen molar-refractivity contribution in [3.8, 4) is 6.07 Å². The van der Waals surface area contributed by atoms with Crippen LogP contribution in [0.2, 0.25) is 0 Å². The summed E-state index contributed by atoms with van der Waals surface area (Å²) in [5, 5.41) is 14.0. The van der Waals surface area contributed by atoms with Crippen molar-refractivity contribution in [3.05, 3.63) is 91.0 Å². The Morgan fingerprint density at radius 1 is 0.720 bits per heavy atom. The molecular formula is C23H23NP+. The van der Waals surface area contributed by atoms with Gasteiger partial charge in [0, 0.05) is 0 Å². The summed E-state index contributed by atoms with van der Waals surface area (Å²) in [7, 11) is -2.04. The standard InChI is InChI=1S/C23H23NP/c1-2-12-23(19-24)25(20-13-6-3-7-14-20,21-15-8-4-9-16-21)22-17-10-5-11-18-22/h3-11,13-18,23H,2,12H2,1H3/q+1. The monoisotopic (exact) mass is 344 g/mol. The molecule has 0 aliphatic rings. The summed E-state index contributed by atoms with van der Waals surface area (Å²) in [5.41, 5.74) is -0.0234. The van der Waals surface area contributed by atoms with E-state index in [1.807, 2.05) is 0 Å². The zero-order valence-electron chi connectivity index (χ0n) is 14.5. The molecule has 0 aliphatic carbocycles. The normalized spacial score (nSPS) is 12.3. The molecule has 2 heteroatoms. The highest BCUT2D eigenvalue weighted by Crippen LogP contribution is 2.60. The SMILES string of the molecule is CCCC(C#N)[P+](c1ccccc1)(c1ccccc1)c1ccccc1. The molecule has 0 N–H and O–H groups in total. The summed E-state index contributed by atoms with van der Waals surface area (Å²) in [6.07, 6.45) is 1.91. The molecule has 0 spiro atoms. The minimum Gasteiger partial charge on any atom is -0.194 e. The van der Waals surface area contributed by atoms with Gasteiger partial charge in [0.25, 0.3) is 0 Å². The van der Waals surface area contributed by atoms with Crippen molar-refractivity contribution in [1.82, 2.24) is 0 Å². The van der Waals surface area contributed by atoms with Gasteiger partial charge in [-0.05, 0) is 42.8 Å². The first kappa shape index (κ1) is 17.4. The van der Waals surface area contributed by atoms with Crippen molar-refractivity contribution in [2.75, 3.05) is 0 Å². The third-order valence-electron chi connectivity index (χ3n) is 4.67. The zero-order valence-corrected chi connectivity index (χ0v) is 15.4. The van der Waals surface area contributed by atoms with E-state index in [1.54, 1.807) is 0 Å². The maximum Gasteiger partial charge on any atom is 0.168 e. The molecule has 1 atom stereocenters. The van der Waals surface area contributed by atoms with Crippen molar-refractivity contribution < 1.29 is 0 Å². The Balaban J connectivity index is 2.38. The van der Waals surface area contributed by atoms with Crippen LogP contribution in [-0.2, 0) is 0 Å². The fraction of sp³-hybridized carbons (Fsp3) is 0.174. The summed E-state index contributed by atoms with van der Waals surface area (Å²) >= 11 is 0. The third kappa shape index (κ3) is 3.23. The molecular weight excluding hydrogens is 321 g/mol. The highest BCUT2D eigenvalue weighted by Gasteiger charge is 2.52. The molecule has 0 radical (unpaired) electrons. The van der Waals surface area contributed by atoms with E-state index in [2.05, 4.69) is 104 Å². The molecule has 25 heavy (non-hydrogen) atoms. The van der Waals surface area contributed by atoms with Crippen LogP contribution < -0.4 is 15.9 Å². The lowest BCUT2D eigenvalue weighted by molar-refractivity contribution is 0.827. The van der Waals surface area contributed by atoms with Crippen molar-refractivity contribution in [1.29, 1.82) is 5.26 Å². The van der Waals surface area contributed by atoms with E-state index in [9.17, 15) is 5.26 Å². The van der Waals surface area contributed by atoms with Gasteiger partial charge >= 0.3 is 0 Å². The first-order chi connectivity index (χ1) is 12.3. The first-order valence-corrected chi connectivity index (χ1v) is 10.6. The van der Waals surface area contributed by atoms with Crippen LogP contribution >= 0.6 is 7.26 Å². The number of hydrogen-bond donors (Lipinski definition) is 0. The van der Waals surface area contributed by atoms with Crippen LogP contribution in [0.25, 0.3) is 0 Å². The Morgan fingerprint density at radius 2 is 1.08 bits per heavy atom. The van der Waals surface area contributed by atoms with E-state index in [4.69, 9.17) is 0 Å². The lowest BCUT2D eigenvalue weighted by Gasteiger charge is -2.31. The maximum atomic E-state index is 10.2. The minimum atomic E-state index is -2.04. The summed E-state index contributed by atoms with van der Waals surface area (Å²) in [5.74, 6) is 0. The fourth-order valence-electron chi connectivity index (χ4n) is 3.59. The van der Waals surface area contributed by atoms with Gasteiger partial charge in [0.05, 0.1) is 0 Å². The zero-order chi connectivity index (χ0) is 17.5. The predicted molar refractivity (Wildman–Crippen MR) is 109 cm³/mol. The average molecular weight is 344 g/mol. The smallest absolute Gasteiger partial charge is 0.168 e. The van der Waals surface area contributed by atoms with Gasteiger partial charge in [0.1, 0.15) is 29.2 Å². The maximum absolute atomic E-state index is 10.2. The van der Waals surface area contributed by atoms with Crippen LogP contribution in [0.4, 0.5) is 0 Å². The molecule has 124 valence electrons. The largest absolute Gasteiger partial charge is 0.194 e. The summed E-state index contributed by atoms with van der Waals surface area (Å²) in [6, 6.07) is 34.6. The van der Waals surface area contributed by atoms with Gasteiger partial charge in [-0.15, -0.1) is 0 Å². The van der Waals surface area contributed by atoms with Crippen molar-refractivity contribution in [2.45, 2.75) is 25.4 Å². The third-order valence-corrected chi connectivity index (χ3v) is 9.32. The molecule has 0 aliphatic heterocycles. The van der Waals surface area contributed by atoms with Gasteiger partial charge in [-0.25, -0.2) is 0 Å². The highest BCUT2D eigenvalue weighted by molar-refractivity contribution is 7.96. The van der Waals surface area contributed by atoms with Crippen molar-refractivity contribution in [2.24, 2.45) is 0 Å². The Kier molecular flexibility index (Phi) is 5.64. The molecule has 3 aromatic rings. The van der Waals surface area contributed by atoms with Gasteiger partial charge in [-0.2, -0.15) is 5.26 Å². The second-order valence-corrected chi connectivity index (χ2v) is 9.78. The number of nitrogens with zero attached hydrogens (tertiary/aromatic N) is 1. The van der Waals surface area contributed by atoms with Crippen LogP contribution in [0.5, 0.6) is 0 Å². The molecule has 1 unspecified atom stereocenters. The summed E-state index contributed by atoms with van der Waals surface area (Å²) in [6.45, 7) is 2.17. The van der Waals surface area contributed by atoms with Crippen LogP contribution in [-0.4, -0.2) is 5.66 Å². The molecule has 0 fully saturated rings. The Morgan fingerprint density at radius 3 is 1.36 bits per heavy atom. The van der Waals surface area contributed by atoms with Gasteiger partial charge in [-0.1, -0.05) is 67.9 Å². The summed E-state index contributed by atoms with van der Waals surface area (Å²) < 4.78 is 0. The quantitative estimate of drug-likeness (QED) is 0.596. The minimum absolute atomic E-state index is 0.0234. The van der Waals surface area contributed by atoms with Crippen LogP contribution in [0.3, 0.4) is 0 Å². The van der Waals surface area contributed by atoms with Gasteiger partial charge in [0.15, 0.2) is 5.66 Å². The molecule has 3 rings (SSSR count). The van der Waals surface area contributed by atoms with Crippen LogP contribution in [0.15, 0.2) is 91.0 Å². The summed E-state index contributed by atoms with van der Waals surface area (Å²) in [4.78, 5) is 0. The first-order valence-electron chi connectivity index (χ1n) is 8.79. The molecule has 0 saturated carbocycles. The molecule has 1 nitrogen and oxygen atoms in total. The highest BCUT2D eigenvalue weighted by atomic mass is 31.2. The number of benzene rings is 3. The van der Waals surface area contributed by atoms with E-state index >= 15 is 0 Å². The molecule has 3 aromatic carbocycles. The lowest BCUT2D eigenvalue weighted by atomic mass is 10.3. The van der Waals surface area contributed by atoms with Gasteiger partial charge < -0.3 is 0 Å². The van der Waals surface area contributed by atoms with E-state index in [0.29, 0.717) is 0 Å². The number of rotatable bonds is 6. The molecule has 0 amide bonds. The van der Waals surface area contributed by atoms with Gasteiger partial charge in [0.2, 0.25) is 0 Å². The predicted octanol–water partition coefficient (Wildman–Crippen LogP) is 4.67. The van der Waals surface area contributed by atoms with Crippen LogP contribution in [0, 0.1) is 11.3 Å².